The van der Waals surface area contributed by atoms with Gasteiger partial charge in [-0.25, -0.2) is 8.42 Å². The highest BCUT2D eigenvalue weighted by molar-refractivity contribution is 7.99. The molecule has 1 N–H and O–H groups in total. The highest BCUT2D eigenvalue weighted by Crippen LogP contribution is 2.27. The molecule has 24 heavy (non-hydrogen) atoms. The Morgan fingerprint density at radius 3 is 2.42 bits per heavy atom. The second-order valence-corrected chi connectivity index (χ2v) is 8.55. The number of rotatable bonds is 7. The van der Waals surface area contributed by atoms with Gasteiger partial charge in [-0.15, -0.1) is 22.0 Å². The quantitative estimate of drug-likeness (QED) is 0.701. The maximum Gasteiger partial charge on any atom is 0.238 e. The number of aromatic nitrogens is 2. The summed E-state index contributed by atoms with van der Waals surface area (Å²) < 4.78 is 32.2. The van der Waals surface area contributed by atoms with Gasteiger partial charge in [0.05, 0.1) is 12.9 Å². The molecule has 0 atom stereocenters. The van der Waals surface area contributed by atoms with E-state index in [1.165, 1.54) is 37.1 Å². The minimum absolute atomic E-state index is 0.0334. The molecule has 10 heteroatoms. The Morgan fingerprint density at radius 2 is 1.83 bits per heavy atom. The van der Waals surface area contributed by atoms with E-state index in [4.69, 9.17) is 27.9 Å². The second-order valence-electron chi connectivity index (χ2n) is 4.67. The lowest BCUT2D eigenvalue weighted by molar-refractivity contribution is 0.412. The van der Waals surface area contributed by atoms with Crippen molar-refractivity contribution in [2.75, 3.05) is 17.6 Å². The zero-order chi connectivity index (χ0) is 17.7. The van der Waals surface area contributed by atoms with Crippen molar-refractivity contribution in [3.05, 3.63) is 39.9 Å². The van der Waals surface area contributed by atoms with Gasteiger partial charge in [0.2, 0.25) is 15.8 Å². The molecule has 0 spiro atoms. The predicted octanol–water partition coefficient (Wildman–Crippen LogP) is 3.85. The molecule has 2 rings (SSSR count). The third-order valence-corrected chi connectivity index (χ3v) is 5.22. The van der Waals surface area contributed by atoms with Gasteiger partial charge in [0.1, 0.15) is 5.03 Å². The molecular weight excluding hydrogens is 393 g/mol. The van der Waals surface area contributed by atoms with Crippen molar-refractivity contribution in [1.29, 1.82) is 0 Å². The molecule has 6 nitrogen and oxygen atoms in total. The molecule has 0 aliphatic carbocycles. The Labute approximate surface area is 155 Å². The molecule has 0 fully saturated rings. The first-order valence-corrected chi connectivity index (χ1v) is 10.2. The van der Waals surface area contributed by atoms with Gasteiger partial charge >= 0.3 is 0 Å². The molecule has 0 amide bonds. The fraction of sp³-hybridized carbons (Fsp3) is 0.286. The fourth-order valence-corrected chi connectivity index (χ4v) is 4.17. The highest BCUT2D eigenvalue weighted by atomic mass is 35.5. The van der Waals surface area contributed by atoms with Crippen molar-refractivity contribution in [2.24, 2.45) is 0 Å². The number of methoxy groups -OCH3 is 1. The van der Waals surface area contributed by atoms with Gasteiger partial charge in [0.25, 0.3) is 0 Å². The van der Waals surface area contributed by atoms with Crippen LogP contribution in [0.1, 0.15) is 12.5 Å². The first-order chi connectivity index (χ1) is 11.3. The number of benzene rings is 1. The van der Waals surface area contributed by atoms with Crippen molar-refractivity contribution in [3.8, 4) is 5.75 Å². The van der Waals surface area contributed by atoms with Crippen LogP contribution in [0, 0.1) is 0 Å². The van der Waals surface area contributed by atoms with Crippen LogP contribution < -0.4 is 9.46 Å². The Balaban J connectivity index is 2.22. The van der Waals surface area contributed by atoms with Crippen LogP contribution in [0.3, 0.4) is 0 Å². The number of anilines is 1. The number of nitrogens with one attached hydrogen (secondary N) is 1. The smallest absolute Gasteiger partial charge is 0.238 e. The van der Waals surface area contributed by atoms with Crippen molar-refractivity contribution in [3.63, 3.8) is 0 Å². The molecule has 0 aliphatic rings. The molecular formula is C14H15Cl2N3O3S2. The molecule has 0 bridgehead atoms. The number of hydrogen-bond donors (Lipinski definition) is 1. The minimum Gasteiger partial charge on any atom is -0.493 e. The molecule has 0 aliphatic heterocycles. The lowest BCUT2D eigenvalue weighted by Crippen LogP contribution is -2.17. The summed E-state index contributed by atoms with van der Waals surface area (Å²) in [5.74, 6) is 0.849. The third-order valence-electron chi connectivity index (χ3n) is 2.78. The summed E-state index contributed by atoms with van der Waals surface area (Å²) in [5.41, 5.74) is 0.463. The summed E-state index contributed by atoms with van der Waals surface area (Å²) >= 11 is 13.3. The highest BCUT2D eigenvalue weighted by Gasteiger charge is 2.17. The summed E-state index contributed by atoms with van der Waals surface area (Å²) in [5, 5.41) is 9.24. The van der Waals surface area contributed by atoms with E-state index >= 15 is 0 Å². The summed E-state index contributed by atoms with van der Waals surface area (Å²) in [6.45, 7) is 1.98. The lowest BCUT2D eigenvalue weighted by Gasteiger charge is -2.11. The Kier molecular flexibility index (Phi) is 6.56. The zero-order valence-corrected chi connectivity index (χ0v) is 16.1. The number of nitrogens with zero attached hydrogens (tertiary/aromatic N) is 2. The Hall–Kier alpha value is -1.22. The first kappa shape index (κ1) is 19.1. The van der Waals surface area contributed by atoms with Gasteiger partial charge in [-0.05, 0) is 29.5 Å². The average Bonchev–Trinajstić information content (AvgIpc) is 2.47. The van der Waals surface area contributed by atoms with Crippen LogP contribution in [0.15, 0.2) is 29.3 Å². The maximum atomic E-state index is 12.3. The summed E-state index contributed by atoms with van der Waals surface area (Å²) in [6.07, 6.45) is 0. The van der Waals surface area contributed by atoms with Gasteiger partial charge in [-0.1, -0.05) is 30.1 Å². The largest absolute Gasteiger partial charge is 0.493 e. The number of thioether (sulfide) groups is 1. The van der Waals surface area contributed by atoms with Gasteiger partial charge in [0, 0.05) is 16.1 Å². The molecule has 130 valence electrons. The minimum atomic E-state index is -3.74. The van der Waals surface area contributed by atoms with Crippen LogP contribution in [0.5, 0.6) is 5.75 Å². The van der Waals surface area contributed by atoms with Crippen molar-refractivity contribution < 1.29 is 13.2 Å². The molecule has 0 unspecified atom stereocenters. The van der Waals surface area contributed by atoms with E-state index in [2.05, 4.69) is 14.9 Å². The van der Waals surface area contributed by atoms with Crippen molar-refractivity contribution in [2.45, 2.75) is 17.7 Å². The normalized spacial score (nSPS) is 11.3. The molecule has 0 saturated heterocycles. The van der Waals surface area contributed by atoms with E-state index in [0.29, 0.717) is 26.4 Å². The van der Waals surface area contributed by atoms with Crippen LogP contribution in [0.25, 0.3) is 0 Å². The van der Waals surface area contributed by atoms with Gasteiger partial charge in [-0.2, -0.15) is 0 Å². The molecule has 1 aromatic heterocycles. The topological polar surface area (TPSA) is 81.2 Å². The maximum absolute atomic E-state index is 12.3. The lowest BCUT2D eigenvalue weighted by atomic mass is 10.2. The van der Waals surface area contributed by atoms with Crippen LogP contribution in [-0.2, 0) is 15.8 Å². The molecule has 1 aromatic carbocycles. The fourth-order valence-electron chi connectivity index (χ4n) is 1.90. The summed E-state index contributed by atoms with van der Waals surface area (Å²) in [7, 11) is -2.30. The monoisotopic (exact) mass is 407 g/mol. The molecule has 2 aromatic rings. The first-order valence-electron chi connectivity index (χ1n) is 6.83. The predicted molar refractivity (Wildman–Crippen MR) is 97.7 cm³/mol. The molecule has 1 heterocycles. The van der Waals surface area contributed by atoms with E-state index in [1.807, 2.05) is 6.92 Å². The zero-order valence-electron chi connectivity index (χ0n) is 12.9. The van der Waals surface area contributed by atoms with E-state index in [1.54, 1.807) is 6.07 Å². The van der Waals surface area contributed by atoms with Gasteiger partial charge in [-0.3, -0.25) is 4.72 Å². The molecule has 0 radical (unpaired) electrons. The second kappa shape index (κ2) is 8.24. The number of ether oxygens (including phenoxy) is 1. The van der Waals surface area contributed by atoms with Crippen LogP contribution in [0.2, 0.25) is 10.0 Å². The third kappa shape index (κ3) is 5.41. The van der Waals surface area contributed by atoms with Crippen molar-refractivity contribution >= 4 is 50.8 Å². The van der Waals surface area contributed by atoms with Gasteiger partial charge in [0.15, 0.2) is 5.75 Å². The number of hydrogen-bond acceptors (Lipinski definition) is 6. The van der Waals surface area contributed by atoms with E-state index in [0.717, 1.165) is 5.75 Å². The van der Waals surface area contributed by atoms with Gasteiger partial charge < -0.3 is 4.74 Å². The van der Waals surface area contributed by atoms with Crippen LogP contribution >= 0.6 is 35.0 Å². The Morgan fingerprint density at radius 1 is 1.17 bits per heavy atom. The van der Waals surface area contributed by atoms with E-state index in [9.17, 15) is 8.42 Å². The SMILES string of the molecule is CCSc1cc(OC)c(NS(=O)(=O)Cc2cc(Cl)cc(Cl)c2)nn1. The van der Waals surface area contributed by atoms with Crippen molar-refractivity contribution in [1.82, 2.24) is 10.2 Å². The summed E-state index contributed by atoms with van der Waals surface area (Å²) in [6, 6.07) is 6.24. The van der Waals surface area contributed by atoms with Crippen LogP contribution in [0.4, 0.5) is 5.82 Å². The van der Waals surface area contributed by atoms with E-state index in [-0.39, 0.29) is 11.6 Å². The molecule has 0 saturated carbocycles. The Bertz CT molecular complexity index is 812. The summed E-state index contributed by atoms with van der Waals surface area (Å²) in [4.78, 5) is 0. The number of halogens is 2. The standard InChI is InChI=1S/C14H15Cl2N3O3S2/c1-3-23-13-7-12(22-2)14(18-17-13)19-24(20,21)8-9-4-10(15)6-11(16)5-9/h4-7H,3,8H2,1-2H3,(H,18,19). The van der Waals surface area contributed by atoms with Crippen LogP contribution in [-0.4, -0.2) is 31.5 Å². The average molecular weight is 408 g/mol. The number of sulfonamides is 1. The van der Waals surface area contributed by atoms with E-state index < -0.39 is 10.0 Å².